The van der Waals surface area contributed by atoms with E-state index in [-0.39, 0.29) is 24.1 Å². The first-order valence-corrected chi connectivity index (χ1v) is 17.1. The molecule has 1 fully saturated rings. The molecule has 3 heterocycles. The van der Waals surface area contributed by atoms with Crippen molar-refractivity contribution in [3.05, 3.63) is 83.2 Å². The van der Waals surface area contributed by atoms with Crippen molar-refractivity contribution in [3.8, 4) is 11.3 Å². The normalized spacial score (nSPS) is 16.4. The van der Waals surface area contributed by atoms with Crippen LogP contribution in [-0.4, -0.2) is 65.5 Å². The number of carbonyl (C=O) groups excluding carboxylic acids is 1. The fourth-order valence-electron chi connectivity index (χ4n) is 5.40. The zero-order valence-electron chi connectivity index (χ0n) is 24.0. The van der Waals surface area contributed by atoms with Crippen molar-refractivity contribution < 1.29 is 26.0 Å². The Morgan fingerprint density at radius 1 is 1.12 bits per heavy atom. The average Bonchev–Trinajstić information content (AvgIpc) is 3.34. The molecular weight excluding hydrogens is 576 g/mol. The molecule has 1 saturated heterocycles. The highest BCUT2D eigenvalue weighted by molar-refractivity contribution is 7.92. The second kappa shape index (κ2) is 11.5. The molecule has 12 heteroatoms. The maximum absolute atomic E-state index is 13.4. The molecule has 1 N–H and O–H groups in total. The number of piperidine rings is 1. The fraction of sp³-hybridized carbons (Fsp3) is 0.333. The molecule has 2 aromatic carbocycles. The fourth-order valence-corrected chi connectivity index (χ4v) is 7.45. The number of nitrogens with one attached hydrogen (secondary N) is 1. The van der Waals surface area contributed by atoms with Crippen molar-refractivity contribution >= 4 is 42.6 Å². The second-order valence-corrected chi connectivity index (χ2v) is 14.6. The van der Waals surface area contributed by atoms with Gasteiger partial charge in [-0.05, 0) is 49.4 Å². The van der Waals surface area contributed by atoms with Crippen LogP contribution in [-0.2, 0) is 25.8 Å². The lowest BCUT2D eigenvalue weighted by Gasteiger charge is -2.34. The molecule has 10 nitrogen and oxygen atoms in total. The van der Waals surface area contributed by atoms with E-state index in [0.29, 0.717) is 64.2 Å². The topological polar surface area (TPSA) is 130 Å². The largest absolute Gasteiger partial charge is 0.455 e. The van der Waals surface area contributed by atoms with Crippen molar-refractivity contribution in [2.24, 2.45) is 0 Å². The first-order valence-electron chi connectivity index (χ1n) is 13.6. The summed E-state index contributed by atoms with van der Waals surface area (Å²) in [6.45, 7) is 2.49. The van der Waals surface area contributed by atoms with E-state index in [4.69, 9.17) is 4.42 Å². The number of benzene rings is 2. The number of aryl methyl sites for hydroxylation is 1. The maximum atomic E-state index is 13.4. The molecule has 42 heavy (non-hydrogen) atoms. The molecule has 1 aliphatic heterocycles. The number of amides is 1. The summed E-state index contributed by atoms with van der Waals surface area (Å²) < 4.78 is 61.1. The van der Waals surface area contributed by atoms with Crippen LogP contribution in [0.2, 0.25) is 0 Å². The lowest BCUT2D eigenvalue weighted by atomic mass is 9.89. The van der Waals surface area contributed by atoms with E-state index in [9.17, 15) is 21.6 Å². The Labute approximate surface area is 246 Å². The van der Waals surface area contributed by atoms with Gasteiger partial charge < -0.3 is 9.73 Å². The Morgan fingerprint density at radius 3 is 2.50 bits per heavy atom. The van der Waals surface area contributed by atoms with Gasteiger partial charge in [0.2, 0.25) is 20.0 Å². The minimum Gasteiger partial charge on any atom is -0.455 e. The number of hydrogen-bond donors (Lipinski definition) is 1. The lowest BCUT2D eigenvalue weighted by molar-refractivity contribution is 0.0964. The summed E-state index contributed by atoms with van der Waals surface area (Å²) in [4.78, 5) is 17.4. The summed E-state index contributed by atoms with van der Waals surface area (Å²) in [5.74, 6) is -0.519. The van der Waals surface area contributed by atoms with Crippen LogP contribution in [0.1, 0.15) is 45.9 Å². The van der Waals surface area contributed by atoms with Crippen LogP contribution in [0.4, 0.5) is 5.69 Å². The third-order valence-electron chi connectivity index (χ3n) is 7.72. The molecule has 1 amide bonds. The summed E-state index contributed by atoms with van der Waals surface area (Å²) in [5, 5.41) is 3.22. The predicted molar refractivity (Wildman–Crippen MR) is 163 cm³/mol. The van der Waals surface area contributed by atoms with E-state index < -0.39 is 20.0 Å². The molecule has 1 atom stereocenters. The zero-order valence-corrected chi connectivity index (χ0v) is 25.6. The molecule has 5 rings (SSSR count). The van der Waals surface area contributed by atoms with Gasteiger partial charge in [-0.2, -0.15) is 0 Å². The molecule has 1 aliphatic rings. The minimum absolute atomic E-state index is 0.170. The summed E-state index contributed by atoms with van der Waals surface area (Å²) >= 11 is 0. The molecule has 0 radical (unpaired) electrons. The van der Waals surface area contributed by atoms with Crippen LogP contribution >= 0.6 is 0 Å². The first kappa shape index (κ1) is 29.7. The number of furan rings is 1. The van der Waals surface area contributed by atoms with Gasteiger partial charge in [0.05, 0.1) is 23.2 Å². The Bertz CT molecular complexity index is 1840. The Kier molecular flexibility index (Phi) is 8.15. The molecule has 4 aromatic rings. The van der Waals surface area contributed by atoms with E-state index in [2.05, 4.69) is 10.3 Å². The van der Waals surface area contributed by atoms with Crippen LogP contribution in [0.5, 0.6) is 0 Å². The van der Waals surface area contributed by atoms with E-state index >= 15 is 0 Å². The molecule has 0 saturated carbocycles. The van der Waals surface area contributed by atoms with Crippen LogP contribution in [0.15, 0.2) is 65.2 Å². The van der Waals surface area contributed by atoms with Crippen LogP contribution in [0.3, 0.4) is 0 Å². The van der Waals surface area contributed by atoms with Crippen LogP contribution in [0.25, 0.3) is 22.3 Å². The van der Waals surface area contributed by atoms with Gasteiger partial charge in [-0.3, -0.25) is 14.1 Å². The highest BCUT2D eigenvalue weighted by Crippen LogP contribution is 2.42. The van der Waals surface area contributed by atoms with Crippen molar-refractivity contribution in [2.75, 3.05) is 37.7 Å². The van der Waals surface area contributed by atoms with Gasteiger partial charge in [0, 0.05) is 50.4 Å². The van der Waals surface area contributed by atoms with Crippen molar-refractivity contribution in [1.29, 1.82) is 0 Å². The summed E-state index contributed by atoms with van der Waals surface area (Å²) in [6, 6.07) is 16.2. The average molecular weight is 611 g/mol. The third-order valence-corrected chi connectivity index (χ3v) is 10.7. The number of hydrogen-bond acceptors (Lipinski definition) is 7. The maximum Gasteiger partial charge on any atom is 0.255 e. The Hall–Kier alpha value is -3.74. The highest BCUT2D eigenvalue weighted by Gasteiger charge is 2.34. The number of pyridine rings is 1. The van der Waals surface area contributed by atoms with E-state index in [1.54, 1.807) is 36.5 Å². The molecule has 2 aromatic heterocycles. The number of aromatic nitrogens is 1. The van der Waals surface area contributed by atoms with Gasteiger partial charge in [-0.15, -0.1) is 0 Å². The summed E-state index contributed by atoms with van der Waals surface area (Å²) in [7, 11) is -4.36. The van der Waals surface area contributed by atoms with E-state index in [0.717, 1.165) is 11.8 Å². The predicted octanol–water partition coefficient (Wildman–Crippen LogP) is 4.27. The smallest absolute Gasteiger partial charge is 0.255 e. The van der Waals surface area contributed by atoms with Crippen LogP contribution < -0.4 is 9.62 Å². The lowest BCUT2D eigenvalue weighted by Crippen LogP contribution is -2.40. The number of nitrogens with zero attached hydrogens (tertiary/aromatic N) is 3. The second-order valence-electron chi connectivity index (χ2n) is 10.7. The van der Waals surface area contributed by atoms with Gasteiger partial charge >= 0.3 is 0 Å². The van der Waals surface area contributed by atoms with Crippen molar-refractivity contribution in [2.45, 2.75) is 31.4 Å². The number of fused-ring (bicyclic) bond motifs is 1. The van der Waals surface area contributed by atoms with Gasteiger partial charge in [0.25, 0.3) is 5.91 Å². The SMILES string of the molecule is CNC(=O)c1c(-c2ccc(C)cc2)oc2cc(N(C)S(C)(=O)=O)c([C@H]3CCCN(S(=O)(=O)Cc4ccccn4)C3)cc12. The van der Waals surface area contributed by atoms with Gasteiger partial charge in [0.15, 0.2) is 0 Å². The van der Waals surface area contributed by atoms with E-state index in [1.807, 2.05) is 31.2 Å². The van der Waals surface area contributed by atoms with Crippen LogP contribution in [0, 0.1) is 6.92 Å². The van der Waals surface area contributed by atoms with Gasteiger partial charge in [0.1, 0.15) is 17.1 Å². The third kappa shape index (κ3) is 5.92. The highest BCUT2D eigenvalue weighted by atomic mass is 32.2. The van der Waals surface area contributed by atoms with Crippen molar-refractivity contribution in [1.82, 2.24) is 14.6 Å². The first-order chi connectivity index (χ1) is 19.9. The van der Waals surface area contributed by atoms with E-state index in [1.165, 1.54) is 22.7 Å². The number of sulfonamides is 2. The Balaban J connectivity index is 1.64. The molecule has 0 aliphatic carbocycles. The summed E-state index contributed by atoms with van der Waals surface area (Å²) in [6.07, 6.45) is 3.91. The quantitative estimate of drug-likeness (QED) is 0.315. The molecular formula is C30H34N4O6S2. The Morgan fingerprint density at radius 2 is 1.86 bits per heavy atom. The van der Waals surface area contributed by atoms with Gasteiger partial charge in [-0.25, -0.2) is 21.1 Å². The summed E-state index contributed by atoms with van der Waals surface area (Å²) in [5.41, 5.74) is 3.92. The number of rotatable bonds is 8. The van der Waals surface area contributed by atoms with Gasteiger partial charge in [-0.1, -0.05) is 35.9 Å². The molecule has 0 spiro atoms. The molecule has 0 unspecified atom stereocenters. The number of carbonyl (C=O) groups is 1. The number of anilines is 1. The monoisotopic (exact) mass is 610 g/mol. The zero-order chi connectivity index (χ0) is 30.2. The minimum atomic E-state index is -3.69. The molecule has 0 bridgehead atoms. The van der Waals surface area contributed by atoms with Crippen molar-refractivity contribution in [3.63, 3.8) is 0 Å². The standard InChI is InChI=1S/C30H34N4O6S2/c1-20-10-12-21(13-11-20)29-28(30(35)31-2)25-16-24(26(17-27(25)40-29)33(3)41(4,36)37)22-8-7-15-34(18-22)42(38,39)19-23-9-5-6-14-32-23/h5-6,9-14,16-17,22H,7-8,15,18-19H2,1-4H3,(H,31,35)/t22-/m0/s1. The molecule has 222 valence electrons.